The number of rotatable bonds is 6. The number of H-pyrrole nitrogens is 1. The normalized spacial score (nSPS) is 12.0. The van der Waals surface area contributed by atoms with E-state index in [9.17, 15) is 9.59 Å². The average Bonchev–Trinajstić information content (AvgIpc) is 3.21. The van der Waals surface area contributed by atoms with Crippen molar-refractivity contribution in [1.82, 2.24) is 20.6 Å². The minimum atomic E-state index is -0.654. The van der Waals surface area contributed by atoms with E-state index in [4.69, 9.17) is 5.73 Å². The second kappa shape index (κ2) is 7.14. The van der Waals surface area contributed by atoms with E-state index in [1.807, 2.05) is 41.8 Å². The molecule has 24 heavy (non-hydrogen) atoms. The first-order chi connectivity index (χ1) is 11.6. The van der Waals surface area contributed by atoms with Gasteiger partial charge in [0.2, 0.25) is 5.91 Å². The lowest BCUT2D eigenvalue weighted by Crippen LogP contribution is -2.36. The van der Waals surface area contributed by atoms with Crippen molar-refractivity contribution in [2.75, 3.05) is 0 Å². The SMILES string of the molecule is NC(=O)NC(CC(=O)NCc1nc2ccccc2[nH]1)c1cccs1. The van der Waals surface area contributed by atoms with E-state index in [1.165, 1.54) is 11.3 Å². The number of aromatic amines is 1. The molecule has 5 N–H and O–H groups in total. The number of aromatic nitrogens is 2. The van der Waals surface area contributed by atoms with Crippen molar-refractivity contribution >= 4 is 34.3 Å². The highest BCUT2D eigenvalue weighted by Crippen LogP contribution is 2.21. The number of fused-ring (bicyclic) bond motifs is 1. The Balaban J connectivity index is 1.60. The van der Waals surface area contributed by atoms with Gasteiger partial charge in [-0.3, -0.25) is 4.79 Å². The maximum atomic E-state index is 12.2. The Morgan fingerprint density at radius 2 is 2.08 bits per heavy atom. The third-order valence-corrected chi connectivity index (χ3v) is 4.47. The molecule has 2 heterocycles. The molecule has 124 valence electrons. The Labute approximate surface area is 142 Å². The van der Waals surface area contributed by atoms with Crippen LogP contribution < -0.4 is 16.4 Å². The van der Waals surface area contributed by atoms with E-state index in [0.717, 1.165) is 15.9 Å². The summed E-state index contributed by atoms with van der Waals surface area (Å²) < 4.78 is 0. The molecule has 0 aliphatic carbocycles. The number of benzene rings is 1. The molecule has 0 saturated carbocycles. The summed E-state index contributed by atoms with van der Waals surface area (Å²) in [4.78, 5) is 31.7. The van der Waals surface area contributed by atoms with Crippen molar-refractivity contribution in [3.8, 4) is 0 Å². The Bertz CT molecular complexity index is 810. The fourth-order valence-electron chi connectivity index (χ4n) is 2.41. The summed E-state index contributed by atoms with van der Waals surface area (Å²) in [5.41, 5.74) is 6.97. The van der Waals surface area contributed by atoms with E-state index in [-0.39, 0.29) is 12.3 Å². The topological polar surface area (TPSA) is 113 Å². The molecule has 2 aromatic heterocycles. The predicted octanol–water partition coefficient (Wildman–Crippen LogP) is 2.04. The fraction of sp³-hybridized carbons (Fsp3) is 0.188. The minimum absolute atomic E-state index is 0.115. The van der Waals surface area contributed by atoms with Gasteiger partial charge in [-0.05, 0) is 23.6 Å². The molecule has 0 spiro atoms. The van der Waals surface area contributed by atoms with E-state index in [0.29, 0.717) is 12.4 Å². The Morgan fingerprint density at radius 3 is 2.79 bits per heavy atom. The summed E-state index contributed by atoms with van der Waals surface area (Å²) in [6.45, 7) is 0.293. The molecule has 0 aliphatic rings. The highest BCUT2D eigenvalue weighted by atomic mass is 32.1. The third-order valence-electron chi connectivity index (χ3n) is 3.48. The predicted molar refractivity (Wildman–Crippen MR) is 92.3 cm³/mol. The largest absolute Gasteiger partial charge is 0.352 e. The van der Waals surface area contributed by atoms with Crippen molar-refractivity contribution in [1.29, 1.82) is 0 Å². The van der Waals surface area contributed by atoms with E-state index in [2.05, 4.69) is 20.6 Å². The van der Waals surface area contributed by atoms with Crippen molar-refractivity contribution in [3.63, 3.8) is 0 Å². The van der Waals surface area contributed by atoms with Crippen LogP contribution in [0.15, 0.2) is 41.8 Å². The van der Waals surface area contributed by atoms with Gasteiger partial charge in [0, 0.05) is 4.88 Å². The van der Waals surface area contributed by atoms with Crippen LogP contribution in [0.1, 0.15) is 23.2 Å². The quantitative estimate of drug-likeness (QED) is 0.549. The number of amides is 3. The van der Waals surface area contributed by atoms with Crippen LogP contribution in [-0.4, -0.2) is 21.9 Å². The van der Waals surface area contributed by atoms with Gasteiger partial charge in [-0.2, -0.15) is 0 Å². The minimum Gasteiger partial charge on any atom is -0.352 e. The van der Waals surface area contributed by atoms with Gasteiger partial charge < -0.3 is 21.4 Å². The van der Waals surface area contributed by atoms with Crippen LogP contribution in [0.5, 0.6) is 0 Å². The zero-order valence-electron chi connectivity index (χ0n) is 12.8. The molecule has 3 aromatic rings. The zero-order valence-corrected chi connectivity index (χ0v) is 13.6. The fourth-order valence-corrected chi connectivity index (χ4v) is 3.19. The molecule has 1 unspecified atom stereocenters. The molecular weight excluding hydrogens is 326 g/mol. The summed E-state index contributed by atoms with van der Waals surface area (Å²) >= 11 is 1.46. The molecule has 1 atom stereocenters. The molecule has 7 nitrogen and oxygen atoms in total. The van der Waals surface area contributed by atoms with E-state index in [1.54, 1.807) is 0 Å². The van der Waals surface area contributed by atoms with Crippen molar-refractivity contribution in [3.05, 3.63) is 52.5 Å². The number of hydrogen-bond acceptors (Lipinski definition) is 4. The third kappa shape index (κ3) is 3.90. The highest BCUT2D eigenvalue weighted by molar-refractivity contribution is 7.10. The second-order valence-corrected chi connectivity index (χ2v) is 6.24. The number of carbonyl (C=O) groups is 2. The number of nitrogens with two attached hydrogens (primary N) is 1. The highest BCUT2D eigenvalue weighted by Gasteiger charge is 2.18. The van der Waals surface area contributed by atoms with Gasteiger partial charge in [-0.25, -0.2) is 9.78 Å². The van der Waals surface area contributed by atoms with Crippen LogP contribution in [0.2, 0.25) is 0 Å². The van der Waals surface area contributed by atoms with Crippen molar-refractivity contribution < 1.29 is 9.59 Å². The van der Waals surface area contributed by atoms with Crippen LogP contribution in [0.25, 0.3) is 11.0 Å². The van der Waals surface area contributed by atoms with Crippen LogP contribution in [0, 0.1) is 0 Å². The first-order valence-electron chi connectivity index (χ1n) is 7.41. The molecule has 3 amide bonds. The van der Waals surface area contributed by atoms with Crippen molar-refractivity contribution in [2.24, 2.45) is 5.73 Å². The number of primary amides is 1. The number of urea groups is 1. The number of carbonyl (C=O) groups excluding carboxylic acids is 2. The summed E-state index contributed by atoms with van der Waals surface area (Å²) in [7, 11) is 0. The van der Waals surface area contributed by atoms with Gasteiger partial charge in [-0.1, -0.05) is 18.2 Å². The van der Waals surface area contributed by atoms with Gasteiger partial charge in [0.05, 0.1) is 30.0 Å². The van der Waals surface area contributed by atoms with Crippen LogP contribution >= 0.6 is 11.3 Å². The van der Waals surface area contributed by atoms with Gasteiger partial charge >= 0.3 is 6.03 Å². The van der Waals surface area contributed by atoms with Gasteiger partial charge in [0.25, 0.3) is 0 Å². The van der Waals surface area contributed by atoms with E-state index < -0.39 is 12.1 Å². The number of nitrogens with zero attached hydrogens (tertiary/aromatic N) is 1. The monoisotopic (exact) mass is 343 g/mol. The van der Waals surface area contributed by atoms with Gasteiger partial charge in [0.15, 0.2) is 0 Å². The lowest BCUT2D eigenvalue weighted by Gasteiger charge is -2.15. The lowest BCUT2D eigenvalue weighted by molar-refractivity contribution is -0.121. The molecule has 0 bridgehead atoms. The number of imidazole rings is 1. The molecular formula is C16H17N5O2S. The van der Waals surface area contributed by atoms with Crippen LogP contribution in [-0.2, 0) is 11.3 Å². The summed E-state index contributed by atoms with van der Waals surface area (Å²) in [5, 5.41) is 7.29. The van der Waals surface area contributed by atoms with E-state index >= 15 is 0 Å². The lowest BCUT2D eigenvalue weighted by atomic mass is 10.1. The summed E-state index contributed by atoms with van der Waals surface area (Å²) in [6.07, 6.45) is 0.115. The number of thiophene rings is 1. The first kappa shape index (κ1) is 16.0. The standard InChI is InChI=1S/C16H17N5O2S/c17-16(23)21-12(13-6-3-7-24-13)8-15(22)18-9-14-19-10-4-1-2-5-11(10)20-14/h1-7,12H,8-9H2,(H,18,22)(H,19,20)(H3,17,21,23). The molecule has 8 heteroatoms. The molecule has 0 aliphatic heterocycles. The molecule has 0 radical (unpaired) electrons. The summed E-state index contributed by atoms with van der Waals surface area (Å²) in [6, 6.07) is 10.3. The second-order valence-electron chi connectivity index (χ2n) is 5.26. The van der Waals surface area contributed by atoms with Crippen LogP contribution in [0.4, 0.5) is 4.79 Å². The number of nitrogens with one attached hydrogen (secondary N) is 3. The summed E-state index contributed by atoms with van der Waals surface area (Å²) in [5.74, 6) is 0.489. The Kier molecular flexibility index (Phi) is 4.76. The first-order valence-corrected chi connectivity index (χ1v) is 8.29. The smallest absolute Gasteiger partial charge is 0.312 e. The maximum absolute atomic E-state index is 12.2. The number of para-hydroxylation sites is 2. The molecule has 0 fully saturated rings. The zero-order chi connectivity index (χ0) is 16.9. The molecule has 3 rings (SSSR count). The Hall–Kier alpha value is -2.87. The molecule has 1 aromatic carbocycles. The molecule has 0 saturated heterocycles. The van der Waals surface area contributed by atoms with Crippen LogP contribution in [0.3, 0.4) is 0 Å². The van der Waals surface area contributed by atoms with Gasteiger partial charge in [0.1, 0.15) is 5.82 Å². The average molecular weight is 343 g/mol. The van der Waals surface area contributed by atoms with Crippen molar-refractivity contribution in [2.45, 2.75) is 19.0 Å². The maximum Gasteiger partial charge on any atom is 0.312 e. The Morgan fingerprint density at radius 1 is 1.25 bits per heavy atom. The number of hydrogen-bond donors (Lipinski definition) is 4. The van der Waals surface area contributed by atoms with Gasteiger partial charge in [-0.15, -0.1) is 11.3 Å².